The largest absolute Gasteiger partial charge is 0.339 e. The van der Waals surface area contributed by atoms with E-state index in [-0.39, 0.29) is 23.9 Å². The van der Waals surface area contributed by atoms with Crippen LogP contribution < -0.4 is 0 Å². The molecule has 1 aromatic rings. The molecule has 6 nitrogen and oxygen atoms in total. The van der Waals surface area contributed by atoms with Gasteiger partial charge >= 0.3 is 0 Å². The normalized spacial score (nSPS) is 25.1. The third-order valence-corrected chi connectivity index (χ3v) is 7.32. The lowest BCUT2D eigenvalue weighted by Crippen LogP contribution is -2.53. The molecule has 9 heteroatoms. The van der Waals surface area contributed by atoms with Crippen LogP contribution in [-0.2, 0) is 14.8 Å². The highest BCUT2D eigenvalue weighted by Gasteiger charge is 2.32. The molecule has 1 aromatic carbocycles. The van der Waals surface area contributed by atoms with Gasteiger partial charge in [0.2, 0.25) is 15.9 Å². The maximum absolute atomic E-state index is 13.4. The van der Waals surface area contributed by atoms with Crippen LogP contribution in [0.25, 0.3) is 0 Å². The van der Waals surface area contributed by atoms with Crippen LogP contribution in [0, 0.1) is 23.5 Å². The van der Waals surface area contributed by atoms with Gasteiger partial charge in [-0.15, -0.1) is 0 Å². The monoisotopic (exact) mass is 415 g/mol. The van der Waals surface area contributed by atoms with E-state index in [0.29, 0.717) is 37.5 Å². The van der Waals surface area contributed by atoms with Crippen molar-refractivity contribution >= 4 is 15.9 Å². The Morgan fingerprint density at radius 2 is 1.64 bits per heavy atom. The Morgan fingerprint density at radius 1 is 1.04 bits per heavy atom. The molecule has 0 N–H and O–H groups in total. The minimum absolute atomic E-state index is 0.00572. The summed E-state index contributed by atoms with van der Waals surface area (Å²) in [6, 6.07) is 2.56. The van der Waals surface area contributed by atoms with Gasteiger partial charge in [0.1, 0.15) is 0 Å². The Bertz CT molecular complexity index is 816. The first-order valence-corrected chi connectivity index (χ1v) is 11.1. The number of carbonyl (C=O) groups is 1. The number of rotatable bonds is 4. The Morgan fingerprint density at radius 3 is 2.21 bits per heavy atom. The van der Waals surface area contributed by atoms with Gasteiger partial charge in [-0.05, 0) is 36.5 Å². The van der Waals surface area contributed by atoms with E-state index in [0.717, 1.165) is 25.2 Å². The summed E-state index contributed by atoms with van der Waals surface area (Å²) in [5.74, 6) is -1.15. The lowest BCUT2D eigenvalue weighted by atomic mass is 9.92. The SMILES string of the molecule is C[C@H]1C[C@H](C)CN(CC(=O)N2CCN(S(=O)(=O)c3ccc(F)c(F)c3)CC2)C1. The summed E-state index contributed by atoms with van der Waals surface area (Å²) < 4.78 is 53.0. The first-order valence-electron chi connectivity index (χ1n) is 9.62. The summed E-state index contributed by atoms with van der Waals surface area (Å²) in [5, 5.41) is 0. The van der Waals surface area contributed by atoms with Crippen LogP contribution in [0.5, 0.6) is 0 Å². The fourth-order valence-corrected chi connectivity index (χ4v) is 5.61. The summed E-state index contributed by atoms with van der Waals surface area (Å²) in [6.45, 7) is 7.40. The Balaban J connectivity index is 1.57. The quantitative estimate of drug-likeness (QED) is 0.752. The van der Waals surface area contributed by atoms with Gasteiger partial charge in [-0.1, -0.05) is 13.8 Å². The number of piperidine rings is 1. The second-order valence-corrected chi connectivity index (χ2v) is 9.94. The Kier molecular flexibility index (Phi) is 6.36. The second kappa shape index (κ2) is 8.42. The van der Waals surface area contributed by atoms with E-state index in [1.807, 2.05) is 0 Å². The van der Waals surface area contributed by atoms with Crippen molar-refractivity contribution in [1.82, 2.24) is 14.1 Å². The van der Waals surface area contributed by atoms with Crippen molar-refractivity contribution in [3.05, 3.63) is 29.8 Å². The number of hydrogen-bond acceptors (Lipinski definition) is 4. The molecule has 28 heavy (non-hydrogen) atoms. The van der Waals surface area contributed by atoms with Crippen LogP contribution >= 0.6 is 0 Å². The van der Waals surface area contributed by atoms with Crippen LogP contribution in [0.1, 0.15) is 20.3 Å². The molecule has 2 heterocycles. The molecule has 156 valence electrons. The second-order valence-electron chi connectivity index (χ2n) is 8.00. The molecule has 2 atom stereocenters. The third kappa shape index (κ3) is 4.69. The molecule has 2 aliphatic heterocycles. The molecule has 1 amide bonds. The van der Waals surface area contributed by atoms with Crippen molar-refractivity contribution in [3.63, 3.8) is 0 Å². The Hall–Kier alpha value is -1.58. The van der Waals surface area contributed by atoms with E-state index in [1.165, 1.54) is 10.7 Å². The number of piperazine rings is 1. The first kappa shape index (κ1) is 21.1. The fraction of sp³-hybridized carbons (Fsp3) is 0.632. The molecular formula is C19H27F2N3O3S. The average molecular weight is 416 g/mol. The van der Waals surface area contributed by atoms with Gasteiger partial charge in [0, 0.05) is 39.3 Å². The predicted octanol–water partition coefficient (Wildman–Crippen LogP) is 1.78. The molecule has 0 saturated carbocycles. The molecule has 0 spiro atoms. The van der Waals surface area contributed by atoms with E-state index in [4.69, 9.17) is 0 Å². The van der Waals surface area contributed by atoms with Crippen LogP contribution in [0.2, 0.25) is 0 Å². The highest BCUT2D eigenvalue weighted by atomic mass is 32.2. The zero-order valence-electron chi connectivity index (χ0n) is 16.3. The van der Waals surface area contributed by atoms with Crippen LogP contribution in [-0.4, -0.2) is 74.2 Å². The molecule has 0 unspecified atom stereocenters. The van der Waals surface area contributed by atoms with Gasteiger partial charge in [-0.3, -0.25) is 9.69 Å². The van der Waals surface area contributed by atoms with Crippen molar-refractivity contribution < 1.29 is 22.0 Å². The number of amides is 1. The summed E-state index contributed by atoms with van der Waals surface area (Å²) in [5.41, 5.74) is 0. The number of carbonyl (C=O) groups excluding carboxylic acids is 1. The molecule has 3 rings (SSSR count). The summed E-state index contributed by atoms with van der Waals surface area (Å²) in [7, 11) is -3.91. The number of benzene rings is 1. The van der Waals surface area contributed by atoms with Crippen LogP contribution in [0.15, 0.2) is 23.1 Å². The minimum atomic E-state index is -3.91. The maximum Gasteiger partial charge on any atom is 0.243 e. The zero-order chi connectivity index (χ0) is 20.5. The number of hydrogen-bond donors (Lipinski definition) is 0. The van der Waals surface area contributed by atoms with Gasteiger partial charge in [0.15, 0.2) is 11.6 Å². The van der Waals surface area contributed by atoms with E-state index < -0.39 is 21.7 Å². The summed E-state index contributed by atoms with van der Waals surface area (Å²) in [6.07, 6.45) is 1.17. The maximum atomic E-state index is 13.4. The van der Waals surface area contributed by atoms with Gasteiger partial charge < -0.3 is 4.90 Å². The molecule has 2 fully saturated rings. The van der Waals surface area contributed by atoms with Crippen molar-refractivity contribution in [3.8, 4) is 0 Å². The highest BCUT2D eigenvalue weighted by Crippen LogP contribution is 2.22. The molecule has 2 saturated heterocycles. The van der Waals surface area contributed by atoms with Crippen molar-refractivity contribution in [1.29, 1.82) is 0 Å². The topological polar surface area (TPSA) is 60.9 Å². The molecular weight excluding hydrogens is 388 g/mol. The smallest absolute Gasteiger partial charge is 0.243 e. The Labute approximate surface area is 165 Å². The van der Waals surface area contributed by atoms with Crippen LogP contribution in [0.4, 0.5) is 8.78 Å². The molecule has 0 radical (unpaired) electrons. The predicted molar refractivity (Wildman–Crippen MR) is 101 cm³/mol. The van der Waals surface area contributed by atoms with E-state index in [2.05, 4.69) is 18.7 Å². The lowest BCUT2D eigenvalue weighted by Gasteiger charge is -2.38. The molecule has 0 aliphatic carbocycles. The van der Waals surface area contributed by atoms with Gasteiger partial charge in [-0.2, -0.15) is 4.31 Å². The lowest BCUT2D eigenvalue weighted by molar-refractivity contribution is -0.134. The van der Waals surface area contributed by atoms with Crippen molar-refractivity contribution in [2.24, 2.45) is 11.8 Å². The standard InChI is InChI=1S/C19H27F2N3O3S/c1-14-9-15(2)12-22(11-14)13-19(25)23-5-7-24(8-6-23)28(26,27)16-3-4-17(20)18(21)10-16/h3-4,10,14-15H,5-9,11-13H2,1-2H3/t14-,15-/m0/s1. The first-order chi connectivity index (χ1) is 13.2. The van der Waals surface area contributed by atoms with Gasteiger partial charge in [0.05, 0.1) is 11.4 Å². The number of nitrogens with zero attached hydrogens (tertiary/aromatic N) is 3. The van der Waals surface area contributed by atoms with E-state index in [9.17, 15) is 22.0 Å². The molecule has 0 bridgehead atoms. The van der Waals surface area contributed by atoms with E-state index in [1.54, 1.807) is 4.90 Å². The molecule has 0 aromatic heterocycles. The van der Waals surface area contributed by atoms with Gasteiger partial charge in [-0.25, -0.2) is 17.2 Å². The number of halogens is 2. The highest BCUT2D eigenvalue weighted by molar-refractivity contribution is 7.89. The van der Waals surface area contributed by atoms with Crippen molar-refractivity contribution in [2.45, 2.75) is 25.2 Å². The summed E-state index contributed by atoms with van der Waals surface area (Å²) in [4.78, 5) is 16.2. The van der Waals surface area contributed by atoms with Crippen LogP contribution in [0.3, 0.4) is 0 Å². The van der Waals surface area contributed by atoms with Crippen molar-refractivity contribution in [2.75, 3.05) is 45.8 Å². The number of likely N-dealkylation sites (tertiary alicyclic amines) is 1. The summed E-state index contributed by atoms with van der Waals surface area (Å²) >= 11 is 0. The number of sulfonamides is 1. The fourth-order valence-electron chi connectivity index (χ4n) is 4.18. The van der Waals surface area contributed by atoms with E-state index >= 15 is 0 Å². The molecule has 2 aliphatic rings. The zero-order valence-corrected chi connectivity index (χ0v) is 17.1. The minimum Gasteiger partial charge on any atom is -0.339 e. The average Bonchev–Trinajstić information content (AvgIpc) is 2.63. The van der Waals surface area contributed by atoms with Gasteiger partial charge in [0.25, 0.3) is 0 Å². The third-order valence-electron chi connectivity index (χ3n) is 5.42.